The van der Waals surface area contributed by atoms with Crippen LogP contribution < -0.4 is 16.4 Å². The largest absolute Gasteiger partial charge is 0.397 e. The number of amides is 2. The molecule has 0 radical (unpaired) electrons. The third kappa shape index (κ3) is 3.28. The van der Waals surface area contributed by atoms with Crippen LogP contribution in [0.25, 0.3) is 10.1 Å². The molecule has 2 rings (SSSR count). The van der Waals surface area contributed by atoms with E-state index in [1.165, 1.54) is 11.3 Å². The Morgan fingerprint density at radius 2 is 2.14 bits per heavy atom. The molecule has 0 bridgehead atoms. The van der Waals surface area contributed by atoms with Crippen molar-refractivity contribution >= 4 is 50.5 Å². The third-order valence-corrected chi connectivity index (χ3v) is 4.39. The van der Waals surface area contributed by atoms with Crippen LogP contribution >= 0.6 is 22.9 Å². The summed E-state index contributed by atoms with van der Waals surface area (Å²) < 4.78 is 0.843. The van der Waals surface area contributed by atoms with Gasteiger partial charge in [-0.15, -0.1) is 11.3 Å². The summed E-state index contributed by atoms with van der Waals surface area (Å²) in [6.45, 7) is 3.96. The van der Waals surface area contributed by atoms with Gasteiger partial charge < -0.3 is 16.4 Å². The Labute approximate surface area is 131 Å². The SMILES string of the molecule is CCNC(=O)C(C)NC(=O)c1sc2cc(Cl)ccc2c1N. The van der Waals surface area contributed by atoms with Crippen LogP contribution in [0, 0.1) is 0 Å². The van der Waals surface area contributed by atoms with Gasteiger partial charge in [0.15, 0.2) is 0 Å². The maximum Gasteiger partial charge on any atom is 0.264 e. The minimum atomic E-state index is -0.620. The molecule has 0 saturated heterocycles. The molecule has 21 heavy (non-hydrogen) atoms. The predicted molar refractivity (Wildman–Crippen MR) is 86.9 cm³/mol. The molecule has 1 aromatic carbocycles. The normalized spacial score (nSPS) is 12.1. The molecule has 0 spiro atoms. The lowest BCUT2D eigenvalue weighted by molar-refractivity contribution is -0.122. The molecular formula is C14H16ClN3O2S. The highest BCUT2D eigenvalue weighted by Crippen LogP contribution is 2.35. The Hall–Kier alpha value is -1.79. The molecule has 1 heterocycles. The third-order valence-electron chi connectivity index (χ3n) is 2.99. The van der Waals surface area contributed by atoms with Crippen LogP contribution in [-0.2, 0) is 4.79 Å². The van der Waals surface area contributed by atoms with Crippen molar-refractivity contribution in [3.05, 3.63) is 28.1 Å². The van der Waals surface area contributed by atoms with Crippen LogP contribution in [0.2, 0.25) is 5.02 Å². The van der Waals surface area contributed by atoms with E-state index < -0.39 is 6.04 Å². The number of halogens is 1. The summed E-state index contributed by atoms with van der Waals surface area (Å²) in [5.74, 6) is -0.586. The number of anilines is 1. The van der Waals surface area contributed by atoms with Crippen LogP contribution in [0.3, 0.4) is 0 Å². The lowest BCUT2D eigenvalue weighted by Gasteiger charge is -2.12. The fourth-order valence-electron chi connectivity index (χ4n) is 1.91. The maximum absolute atomic E-state index is 12.2. The summed E-state index contributed by atoms with van der Waals surface area (Å²) in [6.07, 6.45) is 0. The lowest BCUT2D eigenvalue weighted by Crippen LogP contribution is -2.44. The van der Waals surface area contributed by atoms with Gasteiger partial charge >= 0.3 is 0 Å². The minimum absolute atomic E-state index is 0.228. The fourth-order valence-corrected chi connectivity index (χ4v) is 3.22. The van der Waals surface area contributed by atoms with Crippen LogP contribution in [0.1, 0.15) is 23.5 Å². The summed E-state index contributed by atoms with van der Waals surface area (Å²) in [5.41, 5.74) is 6.42. The Balaban J connectivity index is 2.23. The Morgan fingerprint density at radius 1 is 1.43 bits per heavy atom. The van der Waals surface area contributed by atoms with Gasteiger partial charge in [0.25, 0.3) is 5.91 Å². The van der Waals surface area contributed by atoms with E-state index in [1.807, 2.05) is 6.92 Å². The number of nitrogens with one attached hydrogen (secondary N) is 2. The number of thiophene rings is 1. The number of hydrogen-bond acceptors (Lipinski definition) is 4. The van der Waals surface area contributed by atoms with Crippen molar-refractivity contribution in [2.24, 2.45) is 0 Å². The zero-order chi connectivity index (χ0) is 15.6. The van der Waals surface area contributed by atoms with E-state index in [9.17, 15) is 9.59 Å². The molecule has 2 amide bonds. The quantitative estimate of drug-likeness (QED) is 0.807. The summed E-state index contributed by atoms with van der Waals surface area (Å²) >= 11 is 7.19. The van der Waals surface area contributed by atoms with E-state index in [1.54, 1.807) is 25.1 Å². The molecule has 0 fully saturated rings. The standard InChI is InChI=1S/C14H16ClN3O2S/c1-3-17-13(19)7(2)18-14(20)12-11(16)9-5-4-8(15)6-10(9)21-12/h4-7H,3,16H2,1-2H3,(H,17,19)(H,18,20). The number of carbonyl (C=O) groups is 2. The molecule has 1 unspecified atom stereocenters. The second-order valence-corrected chi connectivity index (χ2v) is 6.06. The molecule has 1 atom stereocenters. The van der Waals surface area contributed by atoms with Gasteiger partial charge in [-0.05, 0) is 32.0 Å². The van der Waals surface area contributed by atoms with Gasteiger partial charge in [0.2, 0.25) is 5.91 Å². The first-order valence-electron chi connectivity index (χ1n) is 6.50. The molecule has 0 aliphatic carbocycles. The van der Waals surface area contributed by atoms with Crippen LogP contribution in [0.15, 0.2) is 18.2 Å². The molecule has 2 aromatic rings. The zero-order valence-electron chi connectivity index (χ0n) is 11.7. The number of hydrogen-bond donors (Lipinski definition) is 3. The first-order valence-corrected chi connectivity index (χ1v) is 7.69. The van der Waals surface area contributed by atoms with Gasteiger partial charge in [0.1, 0.15) is 10.9 Å². The monoisotopic (exact) mass is 325 g/mol. The fraction of sp³-hybridized carbons (Fsp3) is 0.286. The molecule has 112 valence electrons. The van der Waals surface area contributed by atoms with Crippen molar-refractivity contribution in [3.8, 4) is 0 Å². The number of nitrogens with two attached hydrogens (primary N) is 1. The Morgan fingerprint density at radius 3 is 2.81 bits per heavy atom. The van der Waals surface area contributed by atoms with E-state index in [0.717, 1.165) is 10.1 Å². The summed E-state index contributed by atoms with van der Waals surface area (Å²) in [5, 5.41) is 6.68. The second-order valence-electron chi connectivity index (χ2n) is 4.58. The molecule has 5 nitrogen and oxygen atoms in total. The molecule has 4 N–H and O–H groups in total. The van der Waals surface area contributed by atoms with Crippen molar-refractivity contribution in [1.82, 2.24) is 10.6 Å². The van der Waals surface area contributed by atoms with E-state index in [-0.39, 0.29) is 11.8 Å². The molecular weight excluding hydrogens is 310 g/mol. The van der Waals surface area contributed by atoms with Gasteiger partial charge in [-0.1, -0.05) is 11.6 Å². The summed E-state index contributed by atoms with van der Waals surface area (Å²) in [6, 6.07) is 4.66. The number of fused-ring (bicyclic) bond motifs is 1. The average molecular weight is 326 g/mol. The van der Waals surface area contributed by atoms with E-state index in [4.69, 9.17) is 17.3 Å². The summed E-state index contributed by atoms with van der Waals surface area (Å²) in [4.78, 5) is 24.3. The highest BCUT2D eigenvalue weighted by atomic mass is 35.5. The highest BCUT2D eigenvalue weighted by Gasteiger charge is 2.20. The number of likely N-dealkylation sites (N-methyl/N-ethyl adjacent to an activating group) is 1. The van der Waals surface area contributed by atoms with E-state index >= 15 is 0 Å². The predicted octanol–water partition coefficient (Wildman–Crippen LogP) is 2.39. The lowest BCUT2D eigenvalue weighted by atomic mass is 10.2. The van der Waals surface area contributed by atoms with Crippen molar-refractivity contribution in [1.29, 1.82) is 0 Å². The van der Waals surface area contributed by atoms with Crippen LogP contribution in [0.4, 0.5) is 5.69 Å². The maximum atomic E-state index is 12.2. The van der Waals surface area contributed by atoms with Crippen molar-refractivity contribution < 1.29 is 9.59 Å². The minimum Gasteiger partial charge on any atom is -0.397 e. The Kier molecular flexibility index (Phi) is 4.69. The molecule has 7 heteroatoms. The van der Waals surface area contributed by atoms with E-state index in [2.05, 4.69) is 10.6 Å². The number of rotatable bonds is 4. The van der Waals surface area contributed by atoms with Crippen molar-refractivity contribution in [3.63, 3.8) is 0 Å². The Bertz CT molecular complexity index is 699. The first kappa shape index (κ1) is 15.6. The van der Waals surface area contributed by atoms with Crippen LogP contribution in [-0.4, -0.2) is 24.4 Å². The molecule has 0 aliphatic heterocycles. The highest BCUT2D eigenvalue weighted by molar-refractivity contribution is 7.21. The molecule has 0 aliphatic rings. The van der Waals surface area contributed by atoms with Gasteiger partial charge in [0, 0.05) is 21.7 Å². The second kappa shape index (κ2) is 6.32. The molecule has 0 saturated carbocycles. The van der Waals surface area contributed by atoms with Gasteiger partial charge in [-0.2, -0.15) is 0 Å². The topological polar surface area (TPSA) is 84.2 Å². The average Bonchev–Trinajstić information content (AvgIpc) is 2.75. The van der Waals surface area contributed by atoms with E-state index in [0.29, 0.717) is 22.1 Å². The number of nitrogen functional groups attached to an aromatic ring is 1. The van der Waals surface area contributed by atoms with Crippen molar-refractivity contribution in [2.45, 2.75) is 19.9 Å². The van der Waals surface area contributed by atoms with Gasteiger partial charge in [-0.3, -0.25) is 9.59 Å². The van der Waals surface area contributed by atoms with Gasteiger partial charge in [-0.25, -0.2) is 0 Å². The first-order chi connectivity index (χ1) is 9.93. The van der Waals surface area contributed by atoms with Crippen molar-refractivity contribution in [2.75, 3.05) is 12.3 Å². The molecule has 1 aromatic heterocycles. The van der Waals surface area contributed by atoms with Gasteiger partial charge in [0.05, 0.1) is 5.69 Å². The zero-order valence-corrected chi connectivity index (χ0v) is 13.3. The van der Waals surface area contributed by atoms with Crippen LogP contribution in [0.5, 0.6) is 0 Å². The smallest absolute Gasteiger partial charge is 0.264 e. The number of benzene rings is 1. The number of carbonyl (C=O) groups excluding carboxylic acids is 2. The summed E-state index contributed by atoms with van der Waals surface area (Å²) in [7, 11) is 0.